The molecule has 33 heavy (non-hydrogen) atoms. The van der Waals surface area contributed by atoms with E-state index >= 15 is 0 Å². The molecule has 0 aliphatic heterocycles. The Balaban J connectivity index is 1.63. The van der Waals surface area contributed by atoms with Crippen molar-refractivity contribution >= 4 is 16.6 Å². The molecule has 0 unspecified atom stereocenters. The van der Waals surface area contributed by atoms with E-state index in [1.165, 1.54) is 25.7 Å². The molecule has 2 aliphatic carbocycles. The van der Waals surface area contributed by atoms with Crippen LogP contribution in [0.1, 0.15) is 87.1 Å². The Morgan fingerprint density at radius 3 is 2.58 bits per heavy atom. The predicted octanol–water partition coefficient (Wildman–Crippen LogP) is 6.29. The lowest BCUT2D eigenvalue weighted by Crippen LogP contribution is -2.28. The summed E-state index contributed by atoms with van der Waals surface area (Å²) < 4.78 is 1.90. The Kier molecular flexibility index (Phi) is 6.17. The third-order valence-electron chi connectivity index (χ3n) is 7.61. The summed E-state index contributed by atoms with van der Waals surface area (Å²) in [5.74, 6) is 0.820. The van der Waals surface area contributed by atoms with Crippen LogP contribution in [0.2, 0.25) is 0 Å². The van der Waals surface area contributed by atoms with Gasteiger partial charge < -0.3 is 9.88 Å². The molecular formula is C28H32N4O. The summed E-state index contributed by atoms with van der Waals surface area (Å²) in [5, 5.41) is 14.7. The molecule has 5 rings (SSSR count). The van der Waals surface area contributed by atoms with Gasteiger partial charge in [-0.05, 0) is 74.3 Å². The fourth-order valence-corrected chi connectivity index (χ4v) is 5.90. The van der Waals surface area contributed by atoms with E-state index in [9.17, 15) is 10.1 Å². The number of nitrogens with zero attached hydrogens (tertiary/aromatic N) is 3. The molecule has 0 radical (unpaired) electrons. The van der Waals surface area contributed by atoms with E-state index in [4.69, 9.17) is 0 Å². The van der Waals surface area contributed by atoms with Gasteiger partial charge in [0.1, 0.15) is 11.6 Å². The number of pyridine rings is 2. The van der Waals surface area contributed by atoms with Crippen molar-refractivity contribution in [2.24, 2.45) is 5.92 Å². The first kappa shape index (κ1) is 21.7. The minimum absolute atomic E-state index is 0.0475. The second-order valence-corrected chi connectivity index (χ2v) is 9.80. The van der Waals surface area contributed by atoms with Crippen molar-refractivity contribution in [1.82, 2.24) is 9.55 Å². The molecule has 2 fully saturated rings. The minimum atomic E-state index is -0.103. The zero-order valence-corrected chi connectivity index (χ0v) is 19.4. The monoisotopic (exact) mass is 440 g/mol. The highest BCUT2D eigenvalue weighted by Gasteiger charge is 2.27. The molecule has 5 nitrogen and oxygen atoms in total. The van der Waals surface area contributed by atoms with E-state index in [2.05, 4.69) is 41.5 Å². The van der Waals surface area contributed by atoms with Crippen LogP contribution in [0.3, 0.4) is 0 Å². The predicted molar refractivity (Wildman–Crippen MR) is 132 cm³/mol. The van der Waals surface area contributed by atoms with Gasteiger partial charge in [-0.1, -0.05) is 37.8 Å². The Labute approximate surface area is 195 Å². The molecule has 2 saturated carbocycles. The molecule has 1 aromatic carbocycles. The van der Waals surface area contributed by atoms with Crippen molar-refractivity contribution in [3.8, 4) is 6.07 Å². The Bertz CT molecular complexity index is 1230. The number of rotatable bonds is 6. The van der Waals surface area contributed by atoms with E-state index < -0.39 is 0 Å². The molecule has 0 bridgehead atoms. The molecule has 0 amide bonds. The Hall–Kier alpha value is -3.13. The van der Waals surface area contributed by atoms with Crippen molar-refractivity contribution < 1.29 is 0 Å². The van der Waals surface area contributed by atoms with Crippen molar-refractivity contribution in [3.63, 3.8) is 0 Å². The van der Waals surface area contributed by atoms with Gasteiger partial charge in [0.15, 0.2) is 0 Å². The third-order valence-corrected chi connectivity index (χ3v) is 7.61. The molecule has 1 N–H and O–H groups in total. The van der Waals surface area contributed by atoms with E-state index in [1.807, 2.05) is 29.0 Å². The van der Waals surface area contributed by atoms with E-state index in [0.29, 0.717) is 23.9 Å². The number of nitrogens with one attached hydrogen (secondary N) is 1. The first-order valence-corrected chi connectivity index (χ1v) is 12.4. The fraction of sp³-hybridized carbons (Fsp3) is 0.464. The van der Waals surface area contributed by atoms with Crippen LogP contribution in [0.4, 0.5) is 5.69 Å². The van der Waals surface area contributed by atoms with Crippen LogP contribution in [0.5, 0.6) is 0 Å². The summed E-state index contributed by atoms with van der Waals surface area (Å²) in [6.07, 6.45) is 11.1. The largest absolute Gasteiger partial charge is 0.377 e. The number of nitriles is 1. The van der Waals surface area contributed by atoms with Gasteiger partial charge in [-0.2, -0.15) is 5.26 Å². The molecule has 1 atom stereocenters. The van der Waals surface area contributed by atoms with E-state index in [1.54, 1.807) is 0 Å². The van der Waals surface area contributed by atoms with Gasteiger partial charge in [0.25, 0.3) is 5.56 Å². The number of fused-ring (bicyclic) bond motifs is 1. The topological polar surface area (TPSA) is 70.7 Å². The van der Waals surface area contributed by atoms with Gasteiger partial charge in [0.2, 0.25) is 0 Å². The summed E-state index contributed by atoms with van der Waals surface area (Å²) in [4.78, 5) is 18.1. The number of hydrogen-bond donors (Lipinski definition) is 1. The summed E-state index contributed by atoms with van der Waals surface area (Å²) in [6.45, 7) is 2.80. The minimum Gasteiger partial charge on any atom is -0.377 e. The van der Waals surface area contributed by atoms with Crippen molar-refractivity contribution in [2.75, 3.05) is 5.32 Å². The zero-order valence-electron chi connectivity index (χ0n) is 19.4. The average molecular weight is 441 g/mol. The van der Waals surface area contributed by atoms with Crippen LogP contribution in [0.15, 0.2) is 47.4 Å². The Morgan fingerprint density at radius 2 is 1.88 bits per heavy atom. The summed E-state index contributed by atoms with van der Waals surface area (Å²) in [6, 6.07) is 14.6. The van der Waals surface area contributed by atoms with E-state index in [-0.39, 0.29) is 11.6 Å². The molecular weight excluding hydrogens is 408 g/mol. The first-order valence-electron chi connectivity index (χ1n) is 12.4. The van der Waals surface area contributed by atoms with Crippen LogP contribution in [0.25, 0.3) is 10.9 Å². The lowest BCUT2D eigenvalue weighted by molar-refractivity contribution is 0.457. The number of benzene rings is 1. The molecule has 170 valence electrons. The average Bonchev–Trinajstić information content (AvgIpc) is 3.55. The fourth-order valence-electron chi connectivity index (χ4n) is 5.90. The van der Waals surface area contributed by atoms with Gasteiger partial charge in [-0.15, -0.1) is 0 Å². The summed E-state index contributed by atoms with van der Waals surface area (Å²) in [5.41, 5.74) is 4.17. The first-order chi connectivity index (χ1) is 16.2. The maximum atomic E-state index is 13.6. The molecule has 2 aromatic heterocycles. The SMILES string of the molecule is C[C@H](Nc1ccc2c(C3CCCC3)c(C#N)c(=O)n(CC3CCCC3)c2c1)c1ccccn1. The molecule has 2 aliphatic rings. The van der Waals surface area contributed by atoms with Gasteiger partial charge in [-0.25, -0.2) is 0 Å². The second kappa shape index (κ2) is 9.39. The standard InChI is InChI=1S/C28H32N4O/c1-19(25-12-6-7-15-30-25)31-22-13-14-23-26(16-22)32(18-20-8-2-3-9-20)28(33)24(17-29)27(23)21-10-4-5-11-21/h6-7,12-16,19-21,31H,2-5,8-11,18H2,1H3/t19-/m0/s1. The maximum Gasteiger partial charge on any atom is 0.269 e. The quantitative estimate of drug-likeness (QED) is 0.489. The van der Waals surface area contributed by atoms with Crippen LogP contribution in [0, 0.1) is 17.2 Å². The maximum absolute atomic E-state index is 13.6. The van der Waals surface area contributed by atoms with Crippen LogP contribution in [-0.2, 0) is 6.54 Å². The molecule has 0 saturated heterocycles. The van der Waals surface area contributed by atoms with Gasteiger partial charge in [0, 0.05) is 23.8 Å². The van der Waals surface area contributed by atoms with Crippen molar-refractivity contribution in [3.05, 3.63) is 69.8 Å². The highest BCUT2D eigenvalue weighted by atomic mass is 16.1. The third kappa shape index (κ3) is 4.27. The van der Waals surface area contributed by atoms with Gasteiger partial charge in [-0.3, -0.25) is 9.78 Å². The zero-order chi connectivity index (χ0) is 22.8. The van der Waals surface area contributed by atoms with Crippen LogP contribution >= 0.6 is 0 Å². The normalized spacial score (nSPS) is 17.9. The van der Waals surface area contributed by atoms with Gasteiger partial charge in [0.05, 0.1) is 17.3 Å². The number of hydrogen-bond acceptors (Lipinski definition) is 4. The second-order valence-electron chi connectivity index (χ2n) is 9.80. The lowest BCUT2D eigenvalue weighted by Gasteiger charge is -2.22. The van der Waals surface area contributed by atoms with Crippen LogP contribution < -0.4 is 10.9 Å². The highest BCUT2D eigenvalue weighted by molar-refractivity contribution is 5.88. The summed E-state index contributed by atoms with van der Waals surface area (Å²) in [7, 11) is 0. The molecule has 0 spiro atoms. The van der Waals surface area contributed by atoms with Gasteiger partial charge >= 0.3 is 0 Å². The molecule has 2 heterocycles. The summed E-state index contributed by atoms with van der Waals surface area (Å²) >= 11 is 0. The lowest BCUT2D eigenvalue weighted by atomic mass is 9.90. The molecule has 3 aromatic rings. The van der Waals surface area contributed by atoms with Crippen molar-refractivity contribution in [2.45, 2.75) is 76.8 Å². The van der Waals surface area contributed by atoms with Crippen LogP contribution in [-0.4, -0.2) is 9.55 Å². The van der Waals surface area contributed by atoms with Crippen molar-refractivity contribution in [1.29, 1.82) is 5.26 Å². The number of aromatic nitrogens is 2. The smallest absolute Gasteiger partial charge is 0.269 e. The molecule has 5 heteroatoms. The Morgan fingerprint density at radius 1 is 1.12 bits per heavy atom. The number of anilines is 1. The highest BCUT2D eigenvalue weighted by Crippen LogP contribution is 2.39. The van der Waals surface area contributed by atoms with E-state index in [0.717, 1.165) is 53.5 Å².